The highest BCUT2D eigenvalue weighted by molar-refractivity contribution is 6.31. The van der Waals surface area contributed by atoms with Gasteiger partial charge in [-0.05, 0) is 38.1 Å². The number of halogens is 2. The summed E-state index contributed by atoms with van der Waals surface area (Å²) in [6.07, 6.45) is 2.01. The predicted octanol–water partition coefficient (Wildman–Crippen LogP) is 4.18. The molecule has 2 nitrogen and oxygen atoms in total. The topological polar surface area (TPSA) is 24.4 Å². The number of hydrogen-bond acceptors (Lipinski definition) is 2. The molecule has 1 aromatic rings. The molecule has 0 spiro atoms. The number of allylic oxidation sites excluding steroid dienone is 2. The largest absolute Gasteiger partial charge is 0.357 e. The highest BCUT2D eigenvalue weighted by Gasteiger charge is 2.06. The zero-order valence-electron chi connectivity index (χ0n) is 8.54. The van der Waals surface area contributed by atoms with E-state index in [1.54, 1.807) is 0 Å². The lowest BCUT2D eigenvalue weighted by molar-refractivity contribution is 1.39. The van der Waals surface area contributed by atoms with Gasteiger partial charge in [0, 0.05) is 16.4 Å². The highest BCUT2D eigenvalue weighted by Crippen LogP contribution is 2.31. The van der Waals surface area contributed by atoms with E-state index >= 15 is 0 Å². The molecular weight excluding hydrogens is 231 g/mol. The van der Waals surface area contributed by atoms with Gasteiger partial charge in [-0.15, -0.1) is 12.4 Å². The molecule has 80 valence electrons. The van der Waals surface area contributed by atoms with Crippen molar-refractivity contribution in [2.24, 2.45) is 4.99 Å². The zero-order valence-corrected chi connectivity index (χ0v) is 10.1. The maximum absolute atomic E-state index is 5.91. The van der Waals surface area contributed by atoms with E-state index in [9.17, 15) is 0 Å². The molecule has 0 radical (unpaired) electrons. The number of nitrogens with one attached hydrogen (secondary N) is 1. The number of rotatable bonds is 0. The summed E-state index contributed by atoms with van der Waals surface area (Å²) in [5.41, 5.74) is 3.96. The van der Waals surface area contributed by atoms with Crippen molar-refractivity contribution in [3.63, 3.8) is 0 Å². The summed E-state index contributed by atoms with van der Waals surface area (Å²) in [6.45, 7) is 3.99. The van der Waals surface area contributed by atoms with E-state index < -0.39 is 0 Å². The van der Waals surface area contributed by atoms with E-state index in [-0.39, 0.29) is 12.4 Å². The van der Waals surface area contributed by atoms with Gasteiger partial charge in [0.05, 0.1) is 11.4 Å². The fourth-order valence-corrected chi connectivity index (χ4v) is 1.66. The number of benzene rings is 1. The Kier molecular flexibility index (Phi) is 3.77. The Bertz CT molecular complexity index is 436. The first-order valence-corrected chi connectivity index (χ1v) is 4.83. The maximum atomic E-state index is 5.91. The van der Waals surface area contributed by atoms with Crippen LogP contribution in [0, 0.1) is 0 Å². The Balaban J connectivity index is 0.00000112. The number of nitrogens with zero attached hydrogens (tertiary/aromatic N) is 1. The lowest BCUT2D eigenvalue weighted by Gasteiger charge is -2.06. The Morgan fingerprint density at radius 1 is 1.27 bits per heavy atom. The molecule has 0 aromatic heterocycles. The quantitative estimate of drug-likeness (QED) is 0.726. The van der Waals surface area contributed by atoms with Crippen LogP contribution >= 0.6 is 24.0 Å². The first-order chi connectivity index (χ1) is 6.65. The molecular formula is C11H12Cl2N2. The number of anilines is 1. The van der Waals surface area contributed by atoms with Crippen LogP contribution in [0.1, 0.15) is 13.8 Å². The van der Waals surface area contributed by atoms with Crippen LogP contribution in [0.15, 0.2) is 35.0 Å². The third-order valence-corrected chi connectivity index (χ3v) is 2.25. The first kappa shape index (κ1) is 12.1. The number of hydrogen-bond donors (Lipinski definition) is 1. The van der Waals surface area contributed by atoms with Crippen LogP contribution in [0.25, 0.3) is 0 Å². The van der Waals surface area contributed by atoms with Crippen LogP contribution < -0.4 is 5.32 Å². The fourth-order valence-electron chi connectivity index (χ4n) is 1.49. The second-order valence-corrected chi connectivity index (χ2v) is 3.80. The Labute approximate surface area is 100 Å². The molecule has 0 saturated heterocycles. The third kappa shape index (κ3) is 2.74. The van der Waals surface area contributed by atoms with E-state index in [4.69, 9.17) is 11.6 Å². The molecule has 0 atom stereocenters. The lowest BCUT2D eigenvalue weighted by Crippen LogP contribution is -1.94. The maximum Gasteiger partial charge on any atom is 0.0868 e. The summed E-state index contributed by atoms with van der Waals surface area (Å²) in [5.74, 6) is 0. The average molecular weight is 243 g/mol. The molecule has 1 aromatic carbocycles. The van der Waals surface area contributed by atoms with Gasteiger partial charge < -0.3 is 5.32 Å². The van der Waals surface area contributed by atoms with Crippen LogP contribution in [0.2, 0.25) is 5.02 Å². The molecule has 2 rings (SSSR count). The van der Waals surface area contributed by atoms with Crippen molar-refractivity contribution in [1.82, 2.24) is 0 Å². The van der Waals surface area contributed by atoms with Crippen molar-refractivity contribution in [3.8, 4) is 0 Å². The minimum atomic E-state index is 0. The van der Waals surface area contributed by atoms with Crippen LogP contribution in [-0.2, 0) is 0 Å². The SMILES string of the molecule is CC1=CC(C)=Nc2ccc(Cl)cc2N1.Cl. The van der Waals surface area contributed by atoms with Crippen LogP contribution in [-0.4, -0.2) is 5.71 Å². The first-order valence-electron chi connectivity index (χ1n) is 4.45. The average Bonchev–Trinajstić information content (AvgIpc) is 2.21. The number of fused-ring (bicyclic) bond motifs is 1. The van der Waals surface area contributed by atoms with Gasteiger partial charge in [0.15, 0.2) is 0 Å². The molecule has 0 bridgehead atoms. The molecule has 1 aliphatic heterocycles. The van der Waals surface area contributed by atoms with Crippen molar-refractivity contribution in [1.29, 1.82) is 0 Å². The van der Waals surface area contributed by atoms with E-state index in [0.29, 0.717) is 0 Å². The smallest absolute Gasteiger partial charge is 0.0868 e. The summed E-state index contributed by atoms with van der Waals surface area (Å²) in [6, 6.07) is 5.65. The molecule has 1 heterocycles. The molecule has 0 amide bonds. The fraction of sp³-hybridized carbons (Fsp3) is 0.182. The van der Waals surface area contributed by atoms with Gasteiger partial charge in [0.1, 0.15) is 0 Å². The van der Waals surface area contributed by atoms with Crippen LogP contribution in [0.3, 0.4) is 0 Å². The van der Waals surface area contributed by atoms with E-state index in [1.165, 1.54) is 0 Å². The summed E-state index contributed by atoms with van der Waals surface area (Å²) in [7, 11) is 0. The Hall–Kier alpha value is -0.990. The molecule has 0 saturated carbocycles. The second-order valence-electron chi connectivity index (χ2n) is 3.37. The van der Waals surface area contributed by atoms with Gasteiger partial charge in [-0.3, -0.25) is 4.99 Å². The molecule has 1 aliphatic rings. The van der Waals surface area contributed by atoms with Crippen molar-refractivity contribution in [3.05, 3.63) is 35.0 Å². The third-order valence-electron chi connectivity index (χ3n) is 2.01. The van der Waals surface area contributed by atoms with Gasteiger partial charge in [-0.2, -0.15) is 0 Å². The summed E-state index contributed by atoms with van der Waals surface area (Å²) in [5, 5.41) is 3.98. The monoisotopic (exact) mass is 242 g/mol. The van der Waals surface area contributed by atoms with Gasteiger partial charge in [-0.25, -0.2) is 0 Å². The molecule has 1 N–H and O–H groups in total. The van der Waals surface area contributed by atoms with E-state index in [0.717, 1.165) is 27.8 Å². The predicted molar refractivity (Wildman–Crippen MR) is 68.8 cm³/mol. The molecule has 15 heavy (non-hydrogen) atoms. The van der Waals surface area contributed by atoms with Gasteiger partial charge in [0.25, 0.3) is 0 Å². The minimum absolute atomic E-state index is 0. The van der Waals surface area contributed by atoms with Crippen molar-refractivity contribution >= 4 is 41.1 Å². The normalized spacial score (nSPS) is 13.8. The standard InChI is InChI=1S/C11H11ClN2.ClH/c1-7-5-8(2)14-11-6-9(12)3-4-10(11)13-7;/h3-6,14H,1-2H3;1H. The van der Waals surface area contributed by atoms with Gasteiger partial charge in [0.2, 0.25) is 0 Å². The molecule has 0 unspecified atom stereocenters. The zero-order chi connectivity index (χ0) is 10.1. The van der Waals surface area contributed by atoms with E-state index in [2.05, 4.69) is 10.3 Å². The summed E-state index contributed by atoms with van der Waals surface area (Å²) < 4.78 is 0. The number of aliphatic imine (C=N–C) groups is 1. The molecule has 0 aliphatic carbocycles. The van der Waals surface area contributed by atoms with Crippen molar-refractivity contribution in [2.75, 3.05) is 5.32 Å². The van der Waals surface area contributed by atoms with Crippen molar-refractivity contribution in [2.45, 2.75) is 13.8 Å². The Morgan fingerprint density at radius 3 is 2.73 bits per heavy atom. The van der Waals surface area contributed by atoms with Crippen LogP contribution in [0.5, 0.6) is 0 Å². The lowest BCUT2D eigenvalue weighted by atomic mass is 10.2. The molecule has 4 heteroatoms. The summed E-state index contributed by atoms with van der Waals surface area (Å²) in [4.78, 5) is 4.45. The van der Waals surface area contributed by atoms with Crippen molar-refractivity contribution < 1.29 is 0 Å². The highest BCUT2D eigenvalue weighted by atomic mass is 35.5. The second kappa shape index (κ2) is 4.69. The van der Waals surface area contributed by atoms with Gasteiger partial charge >= 0.3 is 0 Å². The summed E-state index contributed by atoms with van der Waals surface area (Å²) >= 11 is 5.91. The van der Waals surface area contributed by atoms with E-state index in [1.807, 2.05) is 38.1 Å². The van der Waals surface area contributed by atoms with Gasteiger partial charge in [-0.1, -0.05) is 11.6 Å². The van der Waals surface area contributed by atoms with Crippen LogP contribution in [0.4, 0.5) is 11.4 Å². The minimum Gasteiger partial charge on any atom is -0.357 e. The Morgan fingerprint density at radius 2 is 2.00 bits per heavy atom. The molecule has 0 fully saturated rings.